The molecule has 0 fully saturated rings. The fourth-order valence-electron chi connectivity index (χ4n) is 2.85. The van der Waals surface area contributed by atoms with Crippen LogP contribution >= 0.6 is 11.6 Å². The third-order valence-corrected chi connectivity index (χ3v) is 4.46. The Labute approximate surface area is 159 Å². The minimum atomic E-state index is -0.386. The Morgan fingerprint density at radius 2 is 2.00 bits per heavy atom. The highest BCUT2D eigenvalue weighted by atomic mass is 35.5. The van der Waals surface area contributed by atoms with Gasteiger partial charge in [0.1, 0.15) is 11.3 Å². The highest BCUT2D eigenvalue weighted by molar-refractivity contribution is 6.30. The number of hydrogen-bond acceptors (Lipinski definition) is 6. The first-order valence-corrected chi connectivity index (χ1v) is 8.64. The van der Waals surface area contributed by atoms with E-state index in [4.69, 9.17) is 25.3 Å². The van der Waals surface area contributed by atoms with Gasteiger partial charge < -0.3 is 13.7 Å². The predicted octanol–water partition coefficient (Wildman–Crippen LogP) is 4.69. The highest BCUT2D eigenvalue weighted by Crippen LogP contribution is 2.29. The fourth-order valence-corrected chi connectivity index (χ4v) is 3.04. The molecule has 0 aliphatic carbocycles. The summed E-state index contributed by atoms with van der Waals surface area (Å²) in [6.07, 6.45) is 0. The average molecular weight is 383 g/mol. The third kappa shape index (κ3) is 3.44. The van der Waals surface area contributed by atoms with Gasteiger partial charge in [0.15, 0.2) is 6.61 Å². The number of halogens is 1. The van der Waals surface area contributed by atoms with Gasteiger partial charge in [0.25, 0.3) is 5.89 Å². The lowest BCUT2D eigenvalue weighted by Crippen LogP contribution is -2.01. The summed E-state index contributed by atoms with van der Waals surface area (Å²) in [5, 5.41) is 5.42. The van der Waals surface area contributed by atoms with E-state index in [1.54, 1.807) is 12.1 Å². The standard InChI is InChI=1S/C20H15ClN2O4/c1-11-8-18(24)26-19-12(2)16(7-6-15(11)19)25-10-17-22-20(23-27-17)13-4-3-5-14(21)9-13/h3-9H,10H2,1-2H3. The second-order valence-corrected chi connectivity index (χ2v) is 6.56. The molecule has 0 aliphatic heterocycles. The average Bonchev–Trinajstić information content (AvgIpc) is 3.11. The number of rotatable bonds is 4. The molecule has 0 amide bonds. The summed E-state index contributed by atoms with van der Waals surface area (Å²) in [7, 11) is 0. The summed E-state index contributed by atoms with van der Waals surface area (Å²) in [5.74, 6) is 1.35. The Balaban J connectivity index is 1.57. The van der Waals surface area contributed by atoms with Crippen LogP contribution in [0.5, 0.6) is 5.75 Å². The monoisotopic (exact) mass is 382 g/mol. The van der Waals surface area contributed by atoms with Crippen molar-refractivity contribution in [1.82, 2.24) is 10.1 Å². The Kier molecular flexibility index (Phi) is 4.41. The zero-order chi connectivity index (χ0) is 19.0. The zero-order valence-corrected chi connectivity index (χ0v) is 15.4. The van der Waals surface area contributed by atoms with Gasteiger partial charge >= 0.3 is 5.63 Å². The molecule has 0 aliphatic rings. The third-order valence-electron chi connectivity index (χ3n) is 4.22. The van der Waals surface area contributed by atoms with Crippen molar-refractivity contribution in [3.05, 3.63) is 74.9 Å². The lowest BCUT2D eigenvalue weighted by atomic mass is 10.1. The van der Waals surface area contributed by atoms with Gasteiger partial charge in [0, 0.05) is 27.6 Å². The molecule has 0 saturated carbocycles. The number of benzene rings is 2. The lowest BCUT2D eigenvalue weighted by Gasteiger charge is -2.09. The van der Waals surface area contributed by atoms with Crippen molar-refractivity contribution in [2.45, 2.75) is 20.5 Å². The van der Waals surface area contributed by atoms with E-state index in [9.17, 15) is 4.79 Å². The van der Waals surface area contributed by atoms with Crippen molar-refractivity contribution in [3.63, 3.8) is 0 Å². The molecule has 136 valence electrons. The molecule has 0 radical (unpaired) electrons. The molecule has 2 aromatic carbocycles. The van der Waals surface area contributed by atoms with Crippen LogP contribution in [0.25, 0.3) is 22.4 Å². The van der Waals surface area contributed by atoms with Gasteiger partial charge in [-0.25, -0.2) is 4.79 Å². The number of aryl methyl sites for hydroxylation is 2. The van der Waals surface area contributed by atoms with Gasteiger partial charge in [-0.1, -0.05) is 28.9 Å². The molecular weight excluding hydrogens is 368 g/mol. The van der Waals surface area contributed by atoms with E-state index in [1.807, 2.05) is 38.1 Å². The van der Waals surface area contributed by atoms with E-state index in [-0.39, 0.29) is 12.2 Å². The second kappa shape index (κ2) is 6.89. The molecular formula is C20H15ClN2O4. The normalized spacial score (nSPS) is 11.1. The summed E-state index contributed by atoms with van der Waals surface area (Å²) in [6.45, 7) is 3.80. The molecule has 0 N–H and O–H groups in total. The van der Waals surface area contributed by atoms with Gasteiger partial charge in [-0.15, -0.1) is 0 Å². The first-order chi connectivity index (χ1) is 13.0. The van der Waals surface area contributed by atoms with Crippen LogP contribution in [-0.4, -0.2) is 10.1 Å². The number of ether oxygens (including phenoxy) is 1. The Hall–Kier alpha value is -3.12. The zero-order valence-electron chi connectivity index (χ0n) is 14.7. The minimum Gasteiger partial charge on any atom is -0.483 e. The maximum Gasteiger partial charge on any atom is 0.336 e. The molecule has 7 heteroatoms. The van der Waals surface area contributed by atoms with Crippen LogP contribution in [0.2, 0.25) is 5.02 Å². The fraction of sp³-hybridized carbons (Fsp3) is 0.150. The predicted molar refractivity (Wildman–Crippen MR) is 101 cm³/mol. The summed E-state index contributed by atoms with van der Waals surface area (Å²) >= 11 is 5.99. The van der Waals surface area contributed by atoms with Crippen molar-refractivity contribution in [2.24, 2.45) is 0 Å². The minimum absolute atomic E-state index is 0.0932. The van der Waals surface area contributed by atoms with E-state index in [2.05, 4.69) is 10.1 Å². The van der Waals surface area contributed by atoms with Gasteiger partial charge in [-0.2, -0.15) is 4.98 Å². The number of hydrogen-bond donors (Lipinski definition) is 0. The van der Waals surface area contributed by atoms with Crippen LogP contribution in [0.4, 0.5) is 0 Å². The first-order valence-electron chi connectivity index (χ1n) is 8.26. The number of aromatic nitrogens is 2. The van der Waals surface area contributed by atoms with Gasteiger partial charge in [-0.05, 0) is 43.7 Å². The van der Waals surface area contributed by atoms with Crippen LogP contribution in [0.15, 0.2) is 56.2 Å². The first kappa shape index (κ1) is 17.3. The molecule has 4 rings (SSSR count). The van der Waals surface area contributed by atoms with E-state index in [1.165, 1.54) is 6.07 Å². The van der Waals surface area contributed by atoms with Crippen LogP contribution in [0.1, 0.15) is 17.0 Å². The van der Waals surface area contributed by atoms with Crippen LogP contribution < -0.4 is 10.4 Å². The van der Waals surface area contributed by atoms with Crippen LogP contribution in [0, 0.1) is 13.8 Å². The van der Waals surface area contributed by atoms with E-state index in [0.29, 0.717) is 28.1 Å². The van der Waals surface area contributed by atoms with E-state index in [0.717, 1.165) is 22.1 Å². The Morgan fingerprint density at radius 1 is 1.15 bits per heavy atom. The molecule has 0 spiro atoms. The van der Waals surface area contributed by atoms with Crippen molar-refractivity contribution >= 4 is 22.6 Å². The Bertz CT molecular complexity index is 1200. The number of fused-ring (bicyclic) bond motifs is 1. The molecule has 0 saturated heterocycles. The SMILES string of the molecule is Cc1cc(=O)oc2c(C)c(OCc3nc(-c4cccc(Cl)c4)no3)ccc12. The van der Waals surface area contributed by atoms with Crippen molar-refractivity contribution < 1.29 is 13.7 Å². The molecule has 0 atom stereocenters. The summed E-state index contributed by atoms with van der Waals surface area (Å²) in [6, 6.07) is 12.4. The highest BCUT2D eigenvalue weighted by Gasteiger charge is 2.13. The smallest absolute Gasteiger partial charge is 0.336 e. The van der Waals surface area contributed by atoms with Crippen LogP contribution in [-0.2, 0) is 6.61 Å². The molecule has 4 aromatic rings. The molecule has 27 heavy (non-hydrogen) atoms. The summed E-state index contributed by atoms with van der Waals surface area (Å²) in [5.41, 5.74) is 2.49. The largest absolute Gasteiger partial charge is 0.483 e. The lowest BCUT2D eigenvalue weighted by molar-refractivity contribution is 0.241. The number of nitrogens with zero attached hydrogens (tertiary/aromatic N) is 2. The van der Waals surface area contributed by atoms with Gasteiger partial charge in [0.05, 0.1) is 0 Å². The van der Waals surface area contributed by atoms with Gasteiger partial charge in [-0.3, -0.25) is 0 Å². The van der Waals surface area contributed by atoms with E-state index < -0.39 is 0 Å². The second-order valence-electron chi connectivity index (χ2n) is 6.12. The van der Waals surface area contributed by atoms with Crippen molar-refractivity contribution in [3.8, 4) is 17.1 Å². The quantitative estimate of drug-likeness (QED) is 0.476. The van der Waals surface area contributed by atoms with Gasteiger partial charge in [0.2, 0.25) is 5.82 Å². The molecule has 6 nitrogen and oxygen atoms in total. The van der Waals surface area contributed by atoms with Crippen LogP contribution in [0.3, 0.4) is 0 Å². The molecule has 0 bridgehead atoms. The molecule has 0 unspecified atom stereocenters. The molecule has 2 heterocycles. The van der Waals surface area contributed by atoms with Crippen molar-refractivity contribution in [1.29, 1.82) is 0 Å². The topological polar surface area (TPSA) is 78.4 Å². The maximum absolute atomic E-state index is 11.7. The van der Waals surface area contributed by atoms with E-state index >= 15 is 0 Å². The summed E-state index contributed by atoms with van der Waals surface area (Å²) < 4.78 is 16.4. The van der Waals surface area contributed by atoms with Crippen molar-refractivity contribution in [2.75, 3.05) is 0 Å². The summed E-state index contributed by atoms with van der Waals surface area (Å²) in [4.78, 5) is 16.0. The Morgan fingerprint density at radius 3 is 2.81 bits per heavy atom. The maximum atomic E-state index is 11.7. The molecule has 2 aromatic heterocycles.